The summed E-state index contributed by atoms with van der Waals surface area (Å²) in [5.74, 6) is 1.74. The fourth-order valence-electron chi connectivity index (χ4n) is 3.77. The standard InChI is InChI=1S/C17H22N2O2/c1-2-8-21-14-5-3-4-13(10-14)19-17(20)15-11-6-7-12(9-11)16(15)18/h2-5,10-12,15-16H,1,6-9,18H2,(H,19,20). The predicted molar refractivity (Wildman–Crippen MR) is 83.1 cm³/mol. The summed E-state index contributed by atoms with van der Waals surface area (Å²) in [6, 6.07) is 7.46. The SMILES string of the molecule is C=CCOc1cccc(NC(=O)C2C3CCC(C3)C2N)c1. The molecule has 0 saturated heterocycles. The number of ether oxygens (including phenoxy) is 1. The van der Waals surface area contributed by atoms with Crippen molar-refractivity contribution >= 4 is 11.6 Å². The smallest absolute Gasteiger partial charge is 0.229 e. The quantitative estimate of drug-likeness (QED) is 0.818. The Hall–Kier alpha value is -1.81. The Morgan fingerprint density at radius 1 is 1.43 bits per heavy atom. The van der Waals surface area contributed by atoms with Gasteiger partial charge in [0.15, 0.2) is 0 Å². The molecule has 0 aromatic heterocycles. The molecule has 1 aromatic rings. The van der Waals surface area contributed by atoms with Gasteiger partial charge < -0.3 is 15.8 Å². The highest BCUT2D eigenvalue weighted by molar-refractivity contribution is 5.93. The Balaban J connectivity index is 1.66. The fraction of sp³-hybridized carbons (Fsp3) is 0.471. The maximum atomic E-state index is 12.5. The number of amides is 1. The van der Waals surface area contributed by atoms with Gasteiger partial charge in [-0.15, -0.1) is 0 Å². The highest BCUT2D eigenvalue weighted by Gasteiger charge is 2.49. The topological polar surface area (TPSA) is 64.3 Å². The number of carbonyl (C=O) groups is 1. The van der Waals surface area contributed by atoms with E-state index in [9.17, 15) is 4.79 Å². The van der Waals surface area contributed by atoms with Crippen molar-refractivity contribution in [2.45, 2.75) is 25.3 Å². The second kappa shape index (κ2) is 5.90. The lowest BCUT2D eigenvalue weighted by molar-refractivity contribution is -0.121. The zero-order valence-electron chi connectivity index (χ0n) is 12.1. The van der Waals surface area contributed by atoms with E-state index in [4.69, 9.17) is 10.5 Å². The van der Waals surface area contributed by atoms with Crippen LogP contribution >= 0.6 is 0 Å². The highest BCUT2D eigenvalue weighted by Crippen LogP contribution is 2.47. The first-order valence-electron chi connectivity index (χ1n) is 7.59. The van der Waals surface area contributed by atoms with Crippen LogP contribution in [0.5, 0.6) is 5.75 Å². The molecule has 0 spiro atoms. The van der Waals surface area contributed by atoms with E-state index in [0.29, 0.717) is 18.4 Å². The van der Waals surface area contributed by atoms with Crippen LogP contribution in [-0.4, -0.2) is 18.6 Å². The van der Waals surface area contributed by atoms with E-state index in [-0.39, 0.29) is 17.9 Å². The molecule has 0 heterocycles. The van der Waals surface area contributed by atoms with Gasteiger partial charge in [0.1, 0.15) is 12.4 Å². The molecule has 2 bridgehead atoms. The van der Waals surface area contributed by atoms with E-state index in [1.165, 1.54) is 6.42 Å². The van der Waals surface area contributed by atoms with Gasteiger partial charge in [0.25, 0.3) is 0 Å². The predicted octanol–water partition coefficient (Wildman–Crippen LogP) is 2.56. The third kappa shape index (κ3) is 2.81. The van der Waals surface area contributed by atoms with Gasteiger partial charge in [0, 0.05) is 17.8 Å². The van der Waals surface area contributed by atoms with Crippen molar-refractivity contribution in [3.8, 4) is 5.75 Å². The van der Waals surface area contributed by atoms with E-state index in [1.807, 2.05) is 24.3 Å². The van der Waals surface area contributed by atoms with Crippen molar-refractivity contribution in [3.05, 3.63) is 36.9 Å². The Morgan fingerprint density at radius 2 is 2.24 bits per heavy atom. The first kappa shape index (κ1) is 14.1. The van der Waals surface area contributed by atoms with Crippen molar-refractivity contribution in [3.63, 3.8) is 0 Å². The van der Waals surface area contributed by atoms with Crippen molar-refractivity contribution < 1.29 is 9.53 Å². The lowest BCUT2D eigenvalue weighted by atomic mass is 9.84. The van der Waals surface area contributed by atoms with Gasteiger partial charge in [0.2, 0.25) is 5.91 Å². The highest BCUT2D eigenvalue weighted by atomic mass is 16.5. The molecule has 2 aliphatic rings. The molecule has 1 aromatic carbocycles. The summed E-state index contributed by atoms with van der Waals surface area (Å²) in [4.78, 5) is 12.5. The van der Waals surface area contributed by atoms with Crippen LogP contribution in [0, 0.1) is 17.8 Å². The van der Waals surface area contributed by atoms with Crippen molar-refractivity contribution in [2.75, 3.05) is 11.9 Å². The second-order valence-electron chi connectivity index (χ2n) is 6.05. The summed E-state index contributed by atoms with van der Waals surface area (Å²) in [6.45, 7) is 4.07. The average molecular weight is 286 g/mol. The Bertz CT molecular complexity index is 541. The maximum absolute atomic E-state index is 12.5. The summed E-state index contributed by atoms with van der Waals surface area (Å²) in [5.41, 5.74) is 6.98. The lowest BCUT2D eigenvalue weighted by Crippen LogP contribution is -2.42. The number of hydrogen-bond acceptors (Lipinski definition) is 3. The first-order valence-corrected chi connectivity index (χ1v) is 7.59. The normalized spacial score (nSPS) is 30.1. The Kier molecular flexibility index (Phi) is 3.97. The summed E-state index contributed by atoms with van der Waals surface area (Å²) >= 11 is 0. The molecule has 112 valence electrons. The van der Waals surface area contributed by atoms with E-state index in [2.05, 4.69) is 11.9 Å². The summed E-state index contributed by atoms with van der Waals surface area (Å²) < 4.78 is 5.48. The maximum Gasteiger partial charge on any atom is 0.229 e. The largest absolute Gasteiger partial charge is 0.489 e. The molecular formula is C17H22N2O2. The second-order valence-corrected chi connectivity index (χ2v) is 6.05. The molecule has 1 amide bonds. The molecule has 4 nitrogen and oxygen atoms in total. The lowest BCUT2D eigenvalue weighted by Gasteiger charge is -2.27. The van der Waals surface area contributed by atoms with E-state index in [0.717, 1.165) is 24.3 Å². The van der Waals surface area contributed by atoms with Crippen LogP contribution in [0.4, 0.5) is 5.69 Å². The molecule has 3 N–H and O–H groups in total. The van der Waals surface area contributed by atoms with Gasteiger partial charge in [-0.05, 0) is 43.2 Å². The van der Waals surface area contributed by atoms with Crippen LogP contribution in [0.1, 0.15) is 19.3 Å². The minimum Gasteiger partial charge on any atom is -0.489 e. The number of benzene rings is 1. The van der Waals surface area contributed by atoms with Gasteiger partial charge in [0.05, 0.1) is 5.92 Å². The minimum absolute atomic E-state index is 0.0175. The molecule has 0 aliphatic heterocycles. The third-order valence-corrected chi connectivity index (χ3v) is 4.75. The van der Waals surface area contributed by atoms with Gasteiger partial charge in [-0.2, -0.15) is 0 Å². The van der Waals surface area contributed by atoms with Gasteiger partial charge in [-0.3, -0.25) is 4.79 Å². The monoisotopic (exact) mass is 286 g/mol. The third-order valence-electron chi connectivity index (χ3n) is 4.75. The van der Waals surface area contributed by atoms with Crippen LogP contribution in [0.15, 0.2) is 36.9 Å². The number of hydrogen-bond donors (Lipinski definition) is 2. The minimum atomic E-state index is -0.0403. The van der Waals surface area contributed by atoms with E-state index >= 15 is 0 Å². The average Bonchev–Trinajstić information content (AvgIpc) is 3.06. The zero-order chi connectivity index (χ0) is 14.8. The summed E-state index contributed by atoms with van der Waals surface area (Å²) in [7, 11) is 0. The van der Waals surface area contributed by atoms with Gasteiger partial charge >= 0.3 is 0 Å². The van der Waals surface area contributed by atoms with Gasteiger partial charge in [-0.25, -0.2) is 0 Å². The molecule has 3 rings (SSSR count). The number of fused-ring (bicyclic) bond motifs is 2. The van der Waals surface area contributed by atoms with Crippen LogP contribution in [0.3, 0.4) is 0 Å². The number of nitrogens with two attached hydrogens (primary N) is 1. The molecule has 0 radical (unpaired) electrons. The summed E-state index contributed by atoms with van der Waals surface area (Å²) in [6.07, 6.45) is 5.13. The fourth-order valence-corrected chi connectivity index (χ4v) is 3.77. The molecule has 2 saturated carbocycles. The van der Waals surface area contributed by atoms with Crippen LogP contribution in [0.25, 0.3) is 0 Å². The van der Waals surface area contributed by atoms with Crippen molar-refractivity contribution in [1.29, 1.82) is 0 Å². The van der Waals surface area contributed by atoms with Crippen LogP contribution in [0.2, 0.25) is 0 Å². The molecule has 2 fully saturated rings. The molecule has 21 heavy (non-hydrogen) atoms. The molecular weight excluding hydrogens is 264 g/mol. The van der Waals surface area contributed by atoms with Crippen LogP contribution < -0.4 is 15.8 Å². The number of carbonyl (C=O) groups excluding carboxylic acids is 1. The number of anilines is 1. The number of nitrogens with one attached hydrogen (secondary N) is 1. The molecule has 4 unspecified atom stereocenters. The molecule has 2 aliphatic carbocycles. The van der Waals surface area contributed by atoms with Gasteiger partial charge in [-0.1, -0.05) is 18.7 Å². The van der Waals surface area contributed by atoms with Crippen molar-refractivity contribution in [2.24, 2.45) is 23.5 Å². The number of rotatable bonds is 5. The molecule has 4 atom stereocenters. The zero-order valence-corrected chi connectivity index (χ0v) is 12.1. The van der Waals surface area contributed by atoms with Crippen LogP contribution in [-0.2, 0) is 4.79 Å². The first-order chi connectivity index (χ1) is 10.2. The summed E-state index contributed by atoms with van der Waals surface area (Å²) in [5, 5.41) is 2.99. The van der Waals surface area contributed by atoms with E-state index < -0.39 is 0 Å². The van der Waals surface area contributed by atoms with E-state index in [1.54, 1.807) is 6.08 Å². The van der Waals surface area contributed by atoms with Crippen molar-refractivity contribution in [1.82, 2.24) is 0 Å². The molecule has 4 heteroatoms. The Labute approximate surface area is 125 Å². The Morgan fingerprint density at radius 3 is 2.95 bits per heavy atom.